The maximum Gasteiger partial charge on any atom is 0.325 e. The van der Waals surface area contributed by atoms with Crippen LogP contribution in [-0.4, -0.2) is 61.5 Å². The molecule has 1 aromatic heterocycles. The van der Waals surface area contributed by atoms with Crippen LogP contribution >= 0.6 is 0 Å². The van der Waals surface area contributed by atoms with Gasteiger partial charge in [-0.25, -0.2) is 0 Å². The predicted molar refractivity (Wildman–Crippen MR) is 122 cm³/mol. The Morgan fingerprint density at radius 3 is 2.27 bits per heavy atom. The molecule has 2 amide bonds. The Bertz CT molecular complexity index is 963. The van der Waals surface area contributed by atoms with E-state index in [0.717, 1.165) is 0 Å². The fraction of sp³-hybridized carbons (Fsp3) is 0.478. The van der Waals surface area contributed by atoms with Gasteiger partial charge in [0.2, 0.25) is 5.91 Å². The van der Waals surface area contributed by atoms with E-state index in [1.165, 1.54) is 7.11 Å². The number of methoxy groups -OCH3 is 3. The summed E-state index contributed by atoms with van der Waals surface area (Å²) in [5.74, 6) is 0.110. The molecular weight excluding hydrogens is 428 g/mol. The Kier molecular flexibility index (Phi) is 9.26. The second kappa shape index (κ2) is 11.9. The minimum Gasteiger partial charge on any atom is -0.496 e. The summed E-state index contributed by atoms with van der Waals surface area (Å²) >= 11 is 0. The number of hydrogen-bond acceptors (Lipinski definition) is 7. The third-order valence-corrected chi connectivity index (χ3v) is 4.98. The number of aryl methyl sites for hydroxylation is 1. The molecule has 1 heterocycles. The van der Waals surface area contributed by atoms with Gasteiger partial charge < -0.3 is 24.8 Å². The Balaban J connectivity index is 2.21. The highest BCUT2D eigenvalue weighted by Crippen LogP contribution is 2.38. The van der Waals surface area contributed by atoms with E-state index >= 15 is 0 Å². The van der Waals surface area contributed by atoms with Gasteiger partial charge in [0.15, 0.2) is 5.69 Å². The number of rotatable bonds is 11. The lowest BCUT2D eigenvalue weighted by Crippen LogP contribution is -2.41. The van der Waals surface area contributed by atoms with Gasteiger partial charge in [0, 0.05) is 19.5 Å². The lowest BCUT2D eigenvalue weighted by Gasteiger charge is -2.19. The van der Waals surface area contributed by atoms with Crippen LogP contribution in [0.15, 0.2) is 24.3 Å². The average Bonchev–Trinajstić information content (AvgIpc) is 3.17. The standard InChI is InChI=1S/C23H32N4O6/c1-14(2)10-15(11-20(28)24-13-21(29)33-6)25-23(30)16-12-17(27(3)26-16)22-18(31-4)8-7-9-19(22)32-5/h7-9,12,14-15H,10-11,13H2,1-6H3,(H,24,28)(H,25,30). The molecule has 0 spiro atoms. The number of nitrogens with zero attached hydrogens (tertiary/aromatic N) is 2. The van der Waals surface area contributed by atoms with Crippen LogP contribution in [0.3, 0.4) is 0 Å². The molecule has 10 nitrogen and oxygen atoms in total. The van der Waals surface area contributed by atoms with Gasteiger partial charge in [-0.15, -0.1) is 0 Å². The molecule has 10 heteroatoms. The van der Waals surface area contributed by atoms with Crippen LogP contribution in [0.2, 0.25) is 0 Å². The maximum atomic E-state index is 13.0. The number of benzene rings is 1. The van der Waals surface area contributed by atoms with Crippen molar-refractivity contribution in [2.45, 2.75) is 32.7 Å². The molecule has 0 aliphatic rings. The summed E-state index contributed by atoms with van der Waals surface area (Å²) in [6, 6.07) is 6.64. The van der Waals surface area contributed by atoms with E-state index in [9.17, 15) is 14.4 Å². The van der Waals surface area contributed by atoms with Crippen LogP contribution in [-0.2, 0) is 21.4 Å². The van der Waals surface area contributed by atoms with Crippen LogP contribution in [0.1, 0.15) is 37.2 Å². The summed E-state index contributed by atoms with van der Waals surface area (Å²) in [6.45, 7) is 3.78. The fourth-order valence-corrected chi connectivity index (χ4v) is 3.48. The second-order valence-electron chi connectivity index (χ2n) is 7.93. The number of carbonyl (C=O) groups is 3. The molecule has 0 saturated carbocycles. The number of ether oxygens (including phenoxy) is 3. The molecule has 2 rings (SSSR count). The molecule has 180 valence electrons. The first-order valence-corrected chi connectivity index (χ1v) is 10.6. The van der Waals surface area contributed by atoms with Gasteiger partial charge in [0.05, 0.1) is 32.6 Å². The normalized spacial score (nSPS) is 11.6. The van der Waals surface area contributed by atoms with Crippen LogP contribution in [0.25, 0.3) is 11.3 Å². The van der Waals surface area contributed by atoms with Crippen molar-refractivity contribution in [1.29, 1.82) is 0 Å². The molecule has 1 unspecified atom stereocenters. The van der Waals surface area contributed by atoms with E-state index in [-0.39, 0.29) is 30.5 Å². The van der Waals surface area contributed by atoms with Crippen LogP contribution in [0.4, 0.5) is 0 Å². The summed E-state index contributed by atoms with van der Waals surface area (Å²) < 4.78 is 17.0. The Hall–Kier alpha value is -3.56. The van der Waals surface area contributed by atoms with Crippen molar-refractivity contribution in [3.63, 3.8) is 0 Å². The van der Waals surface area contributed by atoms with Crippen molar-refractivity contribution < 1.29 is 28.6 Å². The van der Waals surface area contributed by atoms with Crippen molar-refractivity contribution in [2.24, 2.45) is 13.0 Å². The third kappa shape index (κ3) is 6.96. The maximum absolute atomic E-state index is 13.0. The van der Waals surface area contributed by atoms with Crippen molar-refractivity contribution >= 4 is 17.8 Å². The molecule has 0 aliphatic carbocycles. The number of nitrogens with one attached hydrogen (secondary N) is 2. The number of aromatic nitrogens is 2. The molecule has 0 fully saturated rings. The van der Waals surface area contributed by atoms with E-state index in [2.05, 4.69) is 20.5 Å². The molecule has 33 heavy (non-hydrogen) atoms. The Morgan fingerprint density at radius 2 is 1.73 bits per heavy atom. The topological polar surface area (TPSA) is 121 Å². The van der Waals surface area contributed by atoms with Gasteiger partial charge in [-0.1, -0.05) is 19.9 Å². The molecule has 2 aromatic rings. The van der Waals surface area contributed by atoms with Gasteiger partial charge in [0.25, 0.3) is 5.91 Å². The average molecular weight is 461 g/mol. The zero-order chi connectivity index (χ0) is 24.5. The van der Waals surface area contributed by atoms with Crippen molar-refractivity contribution in [3.05, 3.63) is 30.0 Å². The van der Waals surface area contributed by atoms with Crippen molar-refractivity contribution in [1.82, 2.24) is 20.4 Å². The number of hydrogen-bond donors (Lipinski definition) is 2. The first-order chi connectivity index (χ1) is 15.7. The molecular formula is C23H32N4O6. The first kappa shape index (κ1) is 25.7. The molecule has 0 radical (unpaired) electrons. The predicted octanol–water partition coefficient (Wildman–Crippen LogP) is 1.93. The number of carbonyl (C=O) groups excluding carboxylic acids is 3. The van der Waals surface area contributed by atoms with Gasteiger partial charge in [-0.05, 0) is 30.5 Å². The lowest BCUT2D eigenvalue weighted by atomic mass is 10.0. The second-order valence-corrected chi connectivity index (χ2v) is 7.93. The Labute approximate surface area is 193 Å². The van der Waals surface area contributed by atoms with Crippen LogP contribution in [0.5, 0.6) is 11.5 Å². The minimum absolute atomic E-state index is 0.0287. The third-order valence-electron chi connectivity index (χ3n) is 4.98. The highest BCUT2D eigenvalue weighted by Gasteiger charge is 2.23. The van der Waals surface area contributed by atoms with Crippen LogP contribution < -0.4 is 20.1 Å². The summed E-state index contributed by atoms with van der Waals surface area (Å²) in [7, 11) is 6.09. The monoisotopic (exact) mass is 460 g/mol. The molecule has 1 atom stereocenters. The highest BCUT2D eigenvalue weighted by atomic mass is 16.5. The van der Waals surface area contributed by atoms with E-state index in [1.54, 1.807) is 44.1 Å². The first-order valence-electron chi connectivity index (χ1n) is 10.6. The molecule has 0 bridgehead atoms. The smallest absolute Gasteiger partial charge is 0.325 e. The number of esters is 1. The summed E-state index contributed by atoms with van der Waals surface area (Å²) in [6.07, 6.45) is 0.609. The van der Waals surface area contributed by atoms with Crippen molar-refractivity contribution in [2.75, 3.05) is 27.9 Å². The number of amides is 2. The molecule has 2 N–H and O–H groups in total. The molecule has 0 aliphatic heterocycles. The Morgan fingerprint density at radius 1 is 1.09 bits per heavy atom. The molecule has 0 saturated heterocycles. The fourth-order valence-electron chi connectivity index (χ4n) is 3.48. The van der Waals surface area contributed by atoms with E-state index in [4.69, 9.17) is 9.47 Å². The summed E-state index contributed by atoms with van der Waals surface area (Å²) in [4.78, 5) is 36.5. The highest BCUT2D eigenvalue weighted by molar-refractivity contribution is 5.94. The van der Waals surface area contributed by atoms with E-state index in [1.807, 2.05) is 19.9 Å². The van der Waals surface area contributed by atoms with Gasteiger partial charge in [-0.2, -0.15) is 5.10 Å². The summed E-state index contributed by atoms with van der Waals surface area (Å²) in [5.41, 5.74) is 1.52. The van der Waals surface area contributed by atoms with Gasteiger partial charge >= 0.3 is 5.97 Å². The molecule has 1 aromatic carbocycles. The summed E-state index contributed by atoms with van der Waals surface area (Å²) in [5, 5.41) is 9.74. The zero-order valence-electron chi connectivity index (χ0n) is 19.9. The van der Waals surface area contributed by atoms with Crippen LogP contribution in [0, 0.1) is 5.92 Å². The van der Waals surface area contributed by atoms with E-state index in [0.29, 0.717) is 29.2 Å². The lowest BCUT2D eigenvalue weighted by molar-refractivity contribution is -0.141. The van der Waals surface area contributed by atoms with E-state index < -0.39 is 17.9 Å². The zero-order valence-corrected chi connectivity index (χ0v) is 19.9. The largest absolute Gasteiger partial charge is 0.496 e. The van der Waals surface area contributed by atoms with Crippen molar-refractivity contribution in [3.8, 4) is 22.8 Å². The van der Waals surface area contributed by atoms with Gasteiger partial charge in [-0.3, -0.25) is 19.1 Å². The quantitative estimate of drug-likeness (QED) is 0.492. The minimum atomic E-state index is -0.541. The van der Waals surface area contributed by atoms with Gasteiger partial charge in [0.1, 0.15) is 18.0 Å². The SMILES string of the molecule is COC(=O)CNC(=O)CC(CC(C)C)NC(=O)c1cc(-c2c(OC)cccc2OC)n(C)n1.